The van der Waals surface area contributed by atoms with E-state index in [1.807, 2.05) is 0 Å². The molecule has 1 aliphatic rings. The summed E-state index contributed by atoms with van der Waals surface area (Å²) < 4.78 is 16.6. The number of ether oxygens (including phenoxy) is 2. The van der Waals surface area contributed by atoms with Gasteiger partial charge in [0.1, 0.15) is 58.4 Å². The van der Waals surface area contributed by atoms with Crippen molar-refractivity contribution in [1.82, 2.24) is 0 Å². The molecule has 0 radical (unpaired) electrons. The average molecular weight is 446 g/mol. The van der Waals surface area contributed by atoms with Gasteiger partial charge in [-0.1, -0.05) is 0 Å². The maximum absolute atomic E-state index is 12.6. The van der Waals surface area contributed by atoms with Gasteiger partial charge in [0.2, 0.25) is 6.29 Å². The molecule has 2 heterocycles. The van der Waals surface area contributed by atoms with Crippen molar-refractivity contribution in [3.05, 3.63) is 52.2 Å². The minimum Gasteiger partial charge on any atom is -0.508 e. The van der Waals surface area contributed by atoms with Crippen LogP contribution in [-0.4, -0.2) is 68.0 Å². The highest BCUT2D eigenvalue weighted by Gasteiger charge is 2.44. The van der Waals surface area contributed by atoms with E-state index in [-0.39, 0.29) is 28.2 Å². The van der Waals surface area contributed by atoms with Gasteiger partial charge in [0.15, 0.2) is 5.43 Å². The molecule has 0 amide bonds. The molecule has 1 aliphatic heterocycles. The molecule has 6 N–H and O–H groups in total. The molecule has 32 heavy (non-hydrogen) atoms. The lowest BCUT2D eigenvalue weighted by atomic mass is 9.99. The number of aromatic hydroxyl groups is 2. The third-order valence-corrected chi connectivity index (χ3v) is 5.37. The van der Waals surface area contributed by atoms with Gasteiger partial charge >= 0.3 is 0 Å². The molecule has 4 rings (SSSR count). The summed E-state index contributed by atoms with van der Waals surface area (Å²) in [6.45, 7) is 1.06. The van der Waals surface area contributed by atoms with E-state index < -0.39 is 48.5 Å². The molecular weight excluding hydrogens is 424 g/mol. The van der Waals surface area contributed by atoms with Crippen molar-refractivity contribution in [2.45, 2.75) is 37.6 Å². The number of benzene rings is 2. The second-order valence-electron chi connectivity index (χ2n) is 7.61. The Morgan fingerprint density at radius 3 is 2.41 bits per heavy atom. The van der Waals surface area contributed by atoms with Crippen LogP contribution in [0, 0.1) is 6.92 Å². The molecule has 0 spiro atoms. The average Bonchev–Trinajstić information content (AvgIpc) is 2.75. The Balaban J connectivity index is 1.72. The smallest absolute Gasteiger partial charge is 0.229 e. The number of aliphatic hydroxyl groups is 4. The molecule has 10 heteroatoms. The van der Waals surface area contributed by atoms with Crippen LogP contribution in [0.5, 0.6) is 17.2 Å². The molecule has 0 aliphatic carbocycles. The molecule has 3 aromatic rings. The largest absolute Gasteiger partial charge is 0.508 e. The first-order valence-corrected chi connectivity index (χ1v) is 9.77. The lowest BCUT2D eigenvalue weighted by Crippen LogP contribution is -2.60. The molecule has 0 bridgehead atoms. The SMILES string of the molecule is Cc1cc(-c2cc(=O)c3c(O)cc(OC4O[C@H](CO)[C@@H](O)[C@H](O)[C@H]4O)cc3o2)ccc1O. The zero-order valence-electron chi connectivity index (χ0n) is 16.9. The summed E-state index contributed by atoms with van der Waals surface area (Å²) in [5.41, 5.74) is 0.577. The van der Waals surface area contributed by atoms with Crippen molar-refractivity contribution in [2.24, 2.45) is 0 Å². The first-order chi connectivity index (χ1) is 15.2. The third kappa shape index (κ3) is 3.90. The van der Waals surface area contributed by atoms with E-state index in [9.17, 15) is 35.4 Å². The molecule has 10 nitrogen and oxygen atoms in total. The van der Waals surface area contributed by atoms with E-state index in [4.69, 9.17) is 13.9 Å². The fraction of sp³-hybridized carbons (Fsp3) is 0.318. The highest BCUT2D eigenvalue weighted by atomic mass is 16.7. The van der Waals surface area contributed by atoms with Crippen LogP contribution in [0.3, 0.4) is 0 Å². The van der Waals surface area contributed by atoms with Crippen LogP contribution >= 0.6 is 0 Å². The standard InChI is InChI=1S/C22H22O10/c1-9-4-10(2-3-12(9)24)15-7-14(26)18-13(25)5-11(6-16(18)31-15)30-22-21(29)20(28)19(27)17(8-23)32-22/h2-7,17,19-25,27-29H,8H2,1H3/t17-,19-,20+,21-,22?/m1/s1. The van der Waals surface area contributed by atoms with Crippen molar-refractivity contribution < 1.29 is 44.5 Å². The second-order valence-corrected chi connectivity index (χ2v) is 7.61. The molecule has 0 saturated carbocycles. The van der Waals surface area contributed by atoms with Gasteiger partial charge in [-0.25, -0.2) is 0 Å². The number of hydrogen-bond acceptors (Lipinski definition) is 10. The van der Waals surface area contributed by atoms with E-state index >= 15 is 0 Å². The van der Waals surface area contributed by atoms with E-state index in [0.29, 0.717) is 11.1 Å². The van der Waals surface area contributed by atoms with Gasteiger partial charge < -0.3 is 44.5 Å². The highest BCUT2D eigenvalue weighted by molar-refractivity contribution is 5.86. The lowest BCUT2D eigenvalue weighted by molar-refractivity contribution is -0.277. The van der Waals surface area contributed by atoms with Crippen LogP contribution in [0.15, 0.2) is 45.6 Å². The Morgan fingerprint density at radius 2 is 1.72 bits per heavy atom. The predicted molar refractivity (Wildman–Crippen MR) is 110 cm³/mol. The number of phenolic OH excluding ortho intramolecular Hbond substituents is 2. The Labute approximate surface area is 181 Å². The monoisotopic (exact) mass is 446 g/mol. The van der Waals surface area contributed by atoms with Gasteiger partial charge in [0.25, 0.3) is 0 Å². The van der Waals surface area contributed by atoms with Crippen LogP contribution < -0.4 is 10.2 Å². The number of hydrogen-bond donors (Lipinski definition) is 6. The van der Waals surface area contributed by atoms with Crippen molar-refractivity contribution in [2.75, 3.05) is 6.61 Å². The Hall–Kier alpha value is -3.15. The van der Waals surface area contributed by atoms with E-state index in [2.05, 4.69) is 0 Å². The van der Waals surface area contributed by atoms with Crippen molar-refractivity contribution in [3.8, 4) is 28.6 Å². The summed E-state index contributed by atoms with van der Waals surface area (Å²) in [6.07, 6.45) is -7.48. The Kier molecular flexibility index (Phi) is 5.80. The van der Waals surface area contributed by atoms with Crippen LogP contribution in [-0.2, 0) is 4.74 Å². The minimum absolute atomic E-state index is 0.0159. The summed E-state index contributed by atoms with van der Waals surface area (Å²) in [6, 6.07) is 8.30. The van der Waals surface area contributed by atoms with Gasteiger partial charge in [-0.15, -0.1) is 0 Å². The van der Waals surface area contributed by atoms with Crippen LogP contribution in [0.25, 0.3) is 22.3 Å². The summed E-state index contributed by atoms with van der Waals surface area (Å²) in [4.78, 5) is 12.6. The third-order valence-electron chi connectivity index (χ3n) is 5.37. The maximum atomic E-state index is 12.6. The molecule has 1 unspecified atom stereocenters. The number of aryl methyl sites for hydroxylation is 1. The first-order valence-electron chi connectivity index (χ1n) is 9.77. The van der Waals surface area contributed by atoms with Crippen molar-refractivity contribution >= 4 is 11.0 Å². The van der Waals surface area contributed by atoms with Crippen molar-refractivity contribution in [1.29, 1.82) is 0 Å². The number of aliphatic hydroxyl groups excluding tert-OH is 4. The molecule has 2 aromatic carbocycles. The Bertz CT molecular complexity index is 1200. The summed E-state index contributed by atoms with van der Waals surface area (Å²) in [7, 11) is 0. The molecular formula is C22H22O10. The quantitative estimate of drug-likeness (QED) is 0.329. The zero-order chi connectivity index (χ0) is 23.2. The Morgan fingerprint density at radius 1 is 0.969 bits per heavy atom. The van der Waals surface area contributed by atoms with Crippen LogP contribution in [0.2, 0.25) is 0 Å². The second kappa shape index (κ2) is 8.41. The normalized spacial score (nSPS) is 25.7. The summed E-state index contributed by atoms with van der Waals surface area (Å²) in [5, 5.41) is 59.2. The van der Waals surface area contributed by atoms with Gasteiger partial charge in [-0.3, -0.25) is 4.79 Å². The van der Waals surface area contributed by atoms with E-state index in [1.54, 1.807) is 19.1 Å². The van der Waals surface area contributed by atoms with E-state index in [0.717, 1.165) is 6.07 Å². The van der Waals surface area contributed by atoms with Crippen LogP contribution in [0.1, 0.15) is 5.56 Å². The fourth-order valence-electron chi connectivity index (χ4n) is 3.56. The number of phenols is 2. The molecule has 1 aromatic heterocycles. The van der Waals surface area contributed by atoms with Gasteiger partial charge in [-0.05, 0) is 30.7 Å². The molecule has 5 atom stereocenters. The van der Waals surface area contributed by atoms with Gasteiger partial charge in [-0.2, -0.15) is 0 Å². The van der Waals surface area contributed by atoms with Crippen LogP contribution in [0.4, 0.5) is 0 Å². The molecule has 1 saturated heterocycles. The minimum atomic E-state index is -1.65. The summed E-state index contributed by atoms with van der Waals surface area (Å²) >= 11 is 0. The lowest BCUT2D eigenvalue weighted by Gasteiger charge is -2.39. The zero-order valence-corrected chi connectivity index (χ0v) is 16.9. The van der Waals surface area contributed by atoms with Gasteiger partial charge in [0, 0.05) is 23.8 Å². The number of rotatable bonds is 4. The van der Waals surface area contributed by atoms with E-state index in [1.165, 1.54) is 18.2 Å². The topological polar surface area (TPSA) is 170 Å². The van der Waals surface area contributed by atoms with Crippen molar-refractivity contribution in [3.63, 3.8) is 0 Å². The molecule has 1 fully saturated rings. The fourth-order valence-corrected chi connectivity index (χ4v) is 3.56. The van der Waals surface area contributed by atoms with Gasteiger partial charge in [0.05, 0.1) is 6.61 Å². The molecule has 170 valence electrons. The maximum Gasteiger partial charge on any atom is 0.229 e. The predicted octanol–water partition coefficient (Wildman–Crippen LogP) is 0.358. The first kappa shape index (κ1) is 22.1. The highest BCUT2D eigenvalue weighted by Crippen LogP contribution is 2.33. The number of fused-ring (bicyclic) bond motifs is 1. The summed E-state index contributed by atoms with van der Waals surface area (Å²) in [5.74, 6) is -0.217.